The first kappa shape index (κ1) is 19.0. The molecule has 0 bridgehead atoms. The Bertz CT molecular complexity index is 816. The molecule has 0 heterocycles. The molecule has 0 spiro atoms. The average Bonchev–Trinajstić information content (AvgIpc) is 2.64. The number of methoxy groups -OCH3 is 1. The zero-order valence-electron chi connectivity index (χ0n) is 14.8. The van der Waals surface area contributed by atoms with Crippen LogP contribution in [0.3, 0.4) is 0 Å². The summed E-state index contributed by atoms with van der Waals surface area (Å²) < 4.78 is 10.5. The molecule has 0 aromatic heterocycles. The van der Waals surface area contributed by atoms with E-state index >= 15 is 0 Å². The number of nitro benzene ring substituents is 1. The Kier molecular flexibility index (Phi) is 6.32. The molecule has 0 amide bonds. The molecular weight excluding hydrogens is 336 g/mol. The van der Waals surface area contributed by atoms with Crippen LogP contribution >= 0.6 is 0 Å². The topological polar surface area (TPSA) is 81.9 Å². The molecule has 7 heteroatoms. The molecule has 2 aromatic rings. The summed E-state index contributed by atoms with van der Waals surface area (Å²) in [4.78, 5) is 24.6. The lowest BCUT2D eigenvalue weighted by molar-refractivity contribution is -0.385. The van der Waals surface area contributed by atoms with E-state index in [9.17, 15) is 14.9 Å². The summed E-state index contributed by atoms with van der Waals surface area (Å²) in [6.45, 7) is 0.214. The first-order chi connectivity index (χ1) is 12.4. The maximum absolute atomic E-state index is 11.9. The molecule has 0 aliphatic heterocycles. The Morgan fingerprint density at radius 1 is 1.23 bits per heavy atom. The van der Waals surface area contributed by atoms with E-state index in [0.717, 1.165) is 5.56 Å². The van der Waals surface area contributed by atoms with Crippen molar-refractivity contribution in [2.75, 3.05) is 21.2 Å². The predicted molar refractivity (Wildman–Crippen MR) is 97.9 cm³/mol. The molecule has 0 aliphatic rings. The molecular formula is C19H20N2O5. The van der Waals surface area contributed by atoms with Crippen molar-refractivity contribution in [1.82, 2.24) is 4.90 Å². The Labute approximate surface area is 151 Å². The predicted octanol–water partition coefficient (Wildman–Crippen LogP) is 3.49. The first-order valence-electron chi connectivity index (χ1n) is 7.84. The molecule has 0 N–H and O–H groups in total. The highest BCUT2D eigenvalue weighted by Gasteiger charge is 2.22. The van der Waals surface area contributed by atoms with Crippen molar-refractivity contribution in [2.45, 2.75) is 6.61 Å². The lowest BCUT2D eigenvalue weighted by atomic mass is 10.1. The number of ether oxygens (including phenoxy) is 2. The first-order valence-corrected chi connectivity index (χ1v) is 7.84. The minimum absolute atomic E-state index is 0.0595. The van der Waals surface area contributed by atoms with Gasteiger partial charge in [-0.05, 0) is 23.9 Å². The highest BCUT2D eigenvalue weighted by Crippen LogP contribution is 2.33. The van der Waals surface area contributed by atoms with Crippen LogP contribution in [0.2, 0.25) is 0 Å². The van der Waals surface area contributed by atoms with Crippen molar-refractivity contribution in [3.8, 4) is 5.75 Å². The Balaban J connectivity index is 2.50. The Morgan fingerprint density at radius 2 is 1.92 bits per heavy atom. The minimum Gasteiger partial charge on any atom is -0.488 e. The fraction of sp³-hybridized carbons (Fsp3) is 0.211. The summed E-state index contributed by atoms with van der Waals surface area (Å²) in [5.74, 6) is -0.428. The molecule has 2 aromatic carbocycles. The fourth-order valence-electron chi connectivity index (χ4n) is 2.24. The number of benzene rings is 2. The number of hydrogen-bond donors (Lipinski definition) is 0. The number of rotatable bonds is 7. The molecule has 0 saturated heterocycles. The van der Waals surface area contributed by atoms with Crippen LogP contribution in [0.1, 0.15) is 21.5 Å². The Morgan fingerprint density at radius 3 is 2.50 bits per heavy atom. The van der Waals surface area contributed by atoms with Crippen LogP contribution in [0, 0.1) is 10.1 Å². The quantitative estimate of drug-likeness (QED) is 0.429. The van der Waals surface area contributed by atoms with Gasteiger partial charge in [0.2, 0.25) is 0 Å². The summed E-state index contributed by atoms with van der Waals surface area (Å²) in [6, 6.07) is 12.0. The van der Waals surface area contributed by atoms with E-state index < -0.39 is 10.9 Å². The van der Waals surface area contributed by atoms with Gasteiger partial charge in [-0.15, -0.1) is 0 Å². The van der Waals surface area contributed by atoms with Crippen molar-refractivity contribution < 1.29 is 19.2 Å². The van der Waals surface area contributed by atoms with Crippen molar-refractivity contribution in [1.29, 1.82) is 0 Å². The second kappa shape index (κ2) is 8.66. The van der Waals surface area contributed by atoms with Gasteiger partial charge in [-0.3, -0.25) is 10.1 Å². The smallest absolute Gasteiger partial charge is 0.338 e. The molecule has 0 radical (unpaired) electrons. The summed E-state index contributed by atoms with van der Waals surface area (Å²) in [5, 5.41) is 11.5. The lowest BCUT2D eigenvalue weighted by Crippen LogP contribution is -2.07. The maximum atomic E-state index is 11.9. The Hall–Kier alpha value is -3.35. The van der Waals surface area contributed by atoms with E-state index in [1.54, 1.807) is 31.3 Å². The van der Waals surface area contributed by atoms with Crippen LogP contribution < -0.4 is 4.74 Å². The summed E-state index contributed by atoms with van der Waals surface area (Å²) in [5.41, 5.74) is 1.02. The van der Waals surface area contributed by atoms with Crippen LogP contribution in [0.4, 0.5) is 5.69 Å². The van der Waals surface area contributed by atoms with Gasteiger partial charge in [0, 0.05) is 20.2 Å². The summed E-state index contributed by atoms with van der Waals surface area (Å²) in [7, 11) is 4.82. The van der Waals surface area contributed by atoms with E-state index in [-0.39, 0.29) is 29.2 Å². The van der Waals surface area contributed by atoms with Gasteiger partial charge in [0.05, 0.1) is 23.2 Å². The van der Waals surface area contributed by atoms with Crippen LogP contribution in [0.15, 0.2) is 48.7 Å². The van der Waals surface area contributed by atoms with Gasteiger partial charge in [0.1, 0.15) is 12.4 Å². The van der Waals surface area contributed by atoms with Gasteiger partial charge >= 0.3 is 5.97 Å². The van der Waals surface area contributed by atoms with E-state index in [4.69, 9.17) is 4.74 Å². The van der Waals surface area contributed by atoms with E-state index in [2.05, 4.69) is 4.74 Å². The molecule has 0 fully saturated rings. The standard InChI is InChI=1S/C19H20N2O5/c1-20(2)10-9-16-17(21(23)24)11-15(19(22)25-3)12-18(16)26-13-14-7-5-4-6-8-14/h4-12H,13H2,1-3H3/b10-9+. The van der Waals surface area contributed by atoms with Crippen LogP contribution in [0.25, 0.3) is 6.08 Å². The summed E-state index contributed by atoms with van der Waals surface area (Å²) >= 11 is 0. The van der Waals surface area contributed by atoms with E-state index in [1.807, 2.05) is 30.3 Å². The van der Waals surface area contributed by atoms with Gasteiger partial charge in [-0.2, -0.15) is 0 Å². The van der Waals surface area contributed by atoms with E-state index in [0.29, 0.717) is 0 Å². The molecule has 0 atom stereocenters. The molecule has 7 nitrogen and oxygen atoms in total. The van der Waals surface area contributed by atoms with Gasteiger partial charge in [0.25, 0.3) is 5.69 Å². The molecule has 2 rings (SSSR count). The number of nitro groups is 1. The average molecular weight is 356 g/mol. The molecule has 26 heavy (non-hydrogen) atoms. The number of nitrogens with zero attached hydrogens (tertiary/aromatic N) is 2. The number of carbonyl (C=O) groups is 1. The second-order valence-corrected chi connectivity index (χ2v) is 5.71. The zero-order chi connectivity index (χ0) is 19.1. The van der Waals surface area contributed by atoms with Gasteiger partial charge < -0.3 is 14.4 Å². The lowest BCUT2D eigenvalue weighted by Gasteiger charge is -2.12. The highest BCUT2D eigenvalue weighted by atomic mass is 16.6. The minimum atomic E-state index is -0.666. The second-order valence-electron chi connectivity index (χ2n) is 5.71. The van der Waals surface area contributed by atoms with Crippen molar-refractivity contribution in [2.24, 2.45) is 0 Å². The van der Waals surface area contributed by atoms with Gasteiger partial charge in [0.15, 0.2) is 0 Å². The number of carbonyl (C=O) groups excluding carboxylic acids is 1. The van der Waals surface area contributed by atoms with Crippen LogP contribution in [-0.4, -0.2) is 37.0 Å². The monoisotopic (exact) mass is 356 g/mol. The zero-order valence-corrected chi connectivity index (χ0v) is 14.8. The molecule has 0 unspecified atom stereocenters. The SMILES string of the molecule is COC(=O)c1cc(OCc2ccccc2)c(/C=C/N(C)C)c([N+](=O)[O-])c1. The van der Waals surface area contributed by atoms with Crippen molar-refractivity contribution >= 4 is 17.7 Å². The molecule has 0 saturated carbocycles. The normalized spacial score (nSPS) is 10.6. The van der Waals surface area contributed by atoms with Crippen molar-refractivity contribution in [3.05, 3.63) is 75.5 Å². The third-order valence-electron chi connectivity index (χ3n) is 3.51. The van der Waals surface area contributed by atoms with Crippen LogP contribution in [0.5, 0.6) is 5.75 Å². The molecule has 0 aliphatic carbocycles. The van der Waals surface area contributed by atoms with E-state index in [1.165, 1.54) is 19.2 Å². The number of esters is 1. The third-order valence-corrected chi connectivity index (χ3v) is 3.51. The van der Waals surface area contributed by atoms with Gasteiger partial charge in [-0.25, -0.2) is 4.79 Å². The third kappa shape index (κ3) is 4.83. The fourth-order valence-corrected chi connectivity index (χ4v) is 2.24. The maximum Gasteiger partial charge on any atom is 0.338 e. The van der Waals surface area contributed by atoms with Crippen LogP contribution in [-0.2, 0) is 11.3 Å². The van der Waals surface area contributed by atoms with Gasteiger partial charge in [-0.1, -0.05) is 30.3 Å². The number of hydrogen-bond acceptors (Lipinski definition) is 6. The largest absolute Gasteiger partial charge is 0.488 e. The van der Waals surface area contributed by atoms with Crippen molar-refractivity contribution in [3.63, 3.8) is 0 Å². The summed E-state index contributed by atoms with van der Waals surface area (Å²) in [6.07, 6.45) is 3.26. The molecule has 136 valence electrons. The highest BCUT2D eigenvalue weighted by molar-refractivity contribution is 5.92.